The molecule has 0 aliphatic rings. The average molecular weight is 243 g/mol. The number of hydrogen-bond acceptors (Lipinski definition) is 5. The van der Waals surface area contributed by atoms with Gasteiger partial charge in [-0.3, -0.25) is 4.68 Å². The molecule has 2 aromatic heterocycles. The summed E-state index contributed by atoms with van der Waals surface area (Å²) in [6.45, 7) is 0. The molecule has 0 atom stereocenters. The maximum atomic E-state index is 5.58. The van der Waals surface area contributed by atoms with E-state index in [-0.39, 0.29) is 0 Å². The number of rotatable bonds is 2. The second kappa shape index (κ2) is 3.83. The maximum Gasteiger partial charge on any atom is 0.317 e. The Kier molecular flexibility index (Phi) is 2.29. The quantitative estimate of drug-likeness (QED) is 0.685. The van der Waals surface area contributed by atoms with Crippen molar-refractivity contribution < 1.29 is 4.42 Å². The van der Waals surface area contributed by atoms with Crippen molar-refractivity contribution >= 4 is 16.9 Å². The summed E-state index contributed by atoms with van der Waals surface area (Å²) in [5, 5.41) is 13.4. The molecule has 0 saturated heterocycles. The van der Waals surface area contributed by atoms with Gasteiger partial charge < -0.3 is 9.32 Å². The summed E-state index contributed by atoms with van der Waals surface area (Å²) in [5.74, 6) is 0.440. The van der Waals surface area contributed by atoms with Crippen LogP contribution in [0.2, 0.25) is 0 Å². The number of aryl methyl sites for hydroxylation is 1. The van der Waals surface area contributed by atoms with Gasteiger partial charge in [0.1, 0.15) is 0 Å². The van der Waals surface area contributed by atoms with Gasteiger partial charge in [0.05, 0.1) is 5.52 Å². The lowest BCUT2D eigenvalue weighted by Gasteiger charge is -2.02. The van der Waals surface area contributed by atoms with Gasteiger partial charge in [0, 0.05) is 26.5 Å². The Hall–Kier alpha value is -2.37. The van der Waals surface area contributed by atoms with Crippen LogP contribution in [0.5, 0.6) is 0 Å². The van der Waals surface area contributed by atoms with E-state index >= 15 is 0 Å². The Morgan fingerprint density at radius 1 is 1.17 bits per heavy atom. The summed E-state index contributed by atoms with van der Waals surface area (Å²) in [6.07, 6.45) is 0. The number of nitrogens with zero attached hydrogens (tertiary/aromatic N) is 5. The fraction of sp³-hybridized carbons (Fsp3) is 0.250. The number of aromatic nitrogens is 4. The topological polar surface area (TPSA) is 60.0 Å². The highest BCUT2D eigenvalue weighted by molar-refractivity contribution is 5.91. The molecule has 6 nitrogen and oxygen atoms in total. The molecule has 0 aliphatic heterocycles. The smallest absolute Gasteiger partial charge is 0.317 e. The third-order valence-electron chi connectivity index (χ3n) is 2.76. The number of para-hydroxylation sites is 1. The molecule has 0 bridgehead atoms. The monoisotopic (exact) mass is 243 g/mol. The lowest BCUT2D eigenvalue weighted by atomic mass is 10.2. The van der Waals surface area contributed by atoms with Crippen molar-refractivity contribution in [2.75, 3.05) is 19.0 Å². The van der Waals surface area contributed by atoms with Gasteiger partial charge in [-0.1, -0.05) is 23.3 Å². The third-order valence-corrected chi connectivity index (χ3v) is 2.76. The summed E-state index contributed by atoms with van der Waals surface area (Å²) >= 11 is 0. The van der Waals surface area contributed by atoms with Crippen LogP contribution < -0.4 is 4.90 Å². The Morgan fingerprint density at radius 2 is 1.94 bits per heavy atom. The number of anilines is 1. The fourth-order valence-corrected chi connectivity index (χ4v) is 1.86. The normalized spacial score (nSPS) is 11.1. The van der Waals surface area contributed by atoms with Crippen LogP contribution in [0.25, 0.3) is 22.5 Å². The van der Waals surface area contributed by atoms with E-state index in [4.69, 9.17) is 4.42 Å². The minimum Gasteiger partial charge on any atom is -0.401 e. The van der Waals surface area contributed by atoms with Gasteiger partial charge in [-0.2, -0.15) is 5.10 Å². The van der Waals surface area contributed by atoms with E-state index < -0.39 is 0 Å². The predicted molar refractivity (Wildman–Crippen MR) is 68.3 cm³/mol. The van der Waals surface area contributed by atoms with Crippen LogP contribution in [0.15, 0.2) is 28.7 Å². The van der Waals surface area contributed by atoms with Crippen molar-refractivity contribution in [1.29, 1.82) is 0 Å². The molecule has 18 heavy (non-hydrogen) atoms. The Bertz CT molecular complexity index is 697. The third kappa shape index (κ3) is 1.54. The van der Waals surface area contributed by atoms with E-state index in [1.54, 1.807) is 4.90 Å². The van der Waals surface area contributed by atoms with Crippen molar-refractivity contribution in [3.8, 4) is 11.6 Å². The highest BCUT2D eigenvalue weighted by atomic mass is 16.4. The molecule has 1 aromatic carbocycles. The standard InChI is InChI=1S/C12H13N5O/c1-16(2)12-14-13-11(18-12)10-8-6-4-5-7-9(8)17(3)15-10/h4-7H,1-3H3. The number of fused-ring (bicyclic) bond motifs is 1. The molecular formula is C12H13N5O. The van der Waals surface area contributed by atoms with Crippen molar-refractivity contribution in [2.24, 2.45) is 7.05 Å². The van der Waals surface area contributed by atoms with Gasteiger partial charge in [0.15, 0.2) is 5.69 Å². The minimum atomic E-state index is 0.440. The molecule has 3 aromatic rings. The molecular weight excluding hydrogens is 230 g/mol. The van der Waals surface area contributed by atoms with Gasteiger partial charge in [0.25, 0.3) is 5.89 Å². The lowest BCUT2D eigenvalue weighted by molar-refractivity contribution is 0.563. The summed E-state index contributed by atoms with van der Waals surface area (Å²) in [6, 6.07) is 8.43. The van der Waals surface area contributed by atoms with Crippen LogP contribution in [0.4, 0.5) is 6.01 Å². The van der Waals surface area contributed by atoms with E-state index in [2.05, 4.69) is 15.3 Å². The van der Waals surface area contributed by atoms with E-state index in [0.717, 1.165) is 10.9 Å². The Labute approximate surface area is 104 Å². The number of hydrogen-bond donors (Lipinski definition) is 0. The molecule has 2 heterocycles. The van der Waals surface area contributed by atoms with Gasteiger partial charge in [-0.25, -0.2) is 0 Å². The molecule has 0 unspecified atom stereocenters. The average Bonchev–Trinajstić information content (AvgIpc) is 2.95. The first-order valence-corrected chi connectivity index (χ1v) is 5.60. The molecule has 0 N–H and O–H groups in total. The second-order valence-corrected chi connectivity index (χ2v) is 4.27. The molecule has 0 radical (unpaired) electrons. The van der Waals surface area contributed by atoms with Gasteiger partial charge >= 0.3 is 6.01 Å². The minimum absolute atomic E-state index is 0.440. The molecule has 0 fully saturated rings. The zero-order chi connectivity index (χ0) is 12.7. The van der Waals surface area contributed by atoms with Crippen LogP contribution in [0.3, 0.4) is 0 Å². The van der Waals surface area contributed by atoms with E-state index in [1.165, 1.54) is 0 Å². The zero-order valence-electron chi connectivity index (χ0n) is 10.5. The first-order chi connectivity index (χ1) is 8.66. The van der Waals surface area contributed by atoms with Crippen LogP contribution in [-0.4, -0.2) is 34.1 Å². The summed E-state index contributed by atoms with van der Waals surface area (Å²) in [5.41, 5.74) is 1.76. The Morgan fingerprint density at radius 3 is 2.67 bits per heavy atom. The molecule has 6 heteroatoms. The summed E-state index contributed by atoms with van der Waals surface area (Å²) in [7, 11) is 5.61. The van der Waals surface area contributed by atoms with Crippen LogP contribution >= 0.6 is 0 Å². The van der Waals surface area contributed by atoms with Gasteiger partial charge in [-0.05, 0) is 6.07 Å². The molecule has 0 amide bonds. The van der Waals surface area contributed by atoms with Crippen molar-refractivity contribution in [1.82, 2.24) is 20.0 Å². The van der Waals surface area contributed by atoms with E-state index in [1.807, 2.05) is 50.1 Å². The first kappa shape index (κ1) is 10.8. The predicted octanol–water partition coefficient (Wildman–Crippen LogP) is 1.69. The summed E-state index contributed by atoms with van der Waals surface area (Å²) < 4.78 is 7.39. The zero-order valence-corrected chi connectivity index (χ0v) is 10.5. The van der Waals surface area contributed by atoms with Crippen LogP contribution in [0.1, 0.15) is 0 Å². The molecule has 0 saturated carbocycles. The number of benzene rings is 1. The van der Waals surface area contributed by atoms with Crippen molar-refractivity contribution in [3.05, 3.63) is 24.3 Å². The SMILES string of the molecule is CN(C)c1nnc(-c2nn(C)c3ccccc23)o1. The molecule has 3 rings (SSSR count). The highest BCUT2D eigenvalue weighted by Crippen LogP contribution is 2.27. The Balaban J connectivity index is 2.19. The largest absolute Gasteiger partial charge is 0.401 e. The van der Waals surface area contributed by atoms with Gasteiger partial charge in [0.2, 0.25) is 0 Å². The molecule has 0 aliphatic carbocycles. The van der Waals surface area contributed by atoms with Crippen molar-refractivity contribution in [2.45, 2.75) is 0 Å². The molecule has 0 spiro atoms. The van der Waals surface area contributed by atoms with E-state index in [9.17, 15) is 0 Å². The van der Waals surface area contributed by atoms with Crippen LogP contribution in [-0.2, 0) is 7.05 Å². The molecule has 92 valence electrons. The fourth-order valence-electron chi connectivity index (χ4n) is 1.86. The highest BCUT2D eigenvalue weighted by Gasteiger charge is 2.16. The lowest BCUT2D eigenvalue weighted by Crippen LogP contribution is -2.08. The summed E-state index contributed by atoms with van der Waals surface area (Å²) in [4.78, 5) is 1.77. The van der Waals surface area contributed by atoms with Gasteiger partial charge in [-0.15, -0.1) is 5.10 Å². The van der Waals surface area contributed by atoms with Crippen LogP contribution in [0, 0.1) is 0 Å². The second-order valence-electron chi connectivity index (χ2n) is 4.27. The van der Waals surface area contributed by atoms with E-state index in [0.29, 0.717) is 17.6 Å². The van der Waals surface area contributed by atoms with Crippen molar-refractivity contribution in [3.63, 3.8) is 0 Å². The maximum absolute atomic E-state index is 5.58. The first-order valence-electron chi connectivity index (χ1n) is 5.60.